The molecule has 0 saturated carbocycles. The molecule has 1 heterocycles. The lowest BCUT2D eigenvalue weighted by molar-refractivity contribution is 0.222. The van der Waals surface area contributed by atoms with Gasteiger partial charge in [0, 0.05) is 32.1 Å². The summed E-state index contributed by atoms with van der Waals surface area (Å²) in [6.07, 6.45) is 0. The van der Waals surface area contributed by atoms with Crippen LogP contribution in [0, 0.1) is 13.8 Å². The molecule has 0 spiro atoms. The van der Waals surface area contributed by atoms with Crippen molar-refractivity contribution in [3.05, 3.63) is 28.8 Å². The van der Waals surface area contributed by atoms with Crippen molar-refractivity contribution in [1.29, 1.82) is 0 Å². The van der Waals surface area contributed by atoms with E-state index >= 15 is 0 Å². The molecule has 6 heteroatoms. The predicted molar refractivity (Wildman–Crippen MR) is 81.7 cm³/mol. The minimum absolute atomic E-state index is 0.326. The number of alkyl halides is 1. The molecule has 1 aromatic carbocycles. The summed E-state index contributed by atoms with van der Waals surface area (Å²) in [5, 5.41) is 0. The molecule has 1 aliphatic heterocycles. The highest BCUT2D eigenvalue weighted by atomic mass is 35.5. The van der Waals surface area contributed by atoms with Gasteiger partial charge in [0.15, 0.2) is 0 Å². The highest BCUT2D eigenvalue weighted by Gasteiger charge is 2.29. The van der Waals surface area contributed by atoms with Gasteiger partial charge in [0.25, 0.3) is 0 Å². The smallest absolute Gasteiger partial charge is 0.243 e. The third-order valence-corrected chi connectivity index (χ3v) is 6.25. The summed E-state index contributed by atoms with van der Waals surface area (Å²) in [5.74, 6) is 0.326. The standard InChI is InChI=1S/C14H21ClN2O2S/c1-11-8-13(10-15)9-14(12(11)2)20(18,19)17-6-4-16(3)5-7-17/h8-9H,4-7,10H2,1-3H3. The fraction of sp³-hybridized carbons (Fsp3) is 0.571. The van der Waals surface area contributed by atoms with Crippen LogP contribution in [0.2, 0.25) is 0 Å². The number of rotatable bonds is 3. The van der Waals surface area contributed by atoms with E-state index in [0.717, 1.165) is 29.8 Å². The summed E-state index contributed by atoms with van der Waals surface area (Å²) in [5.41, 5.74) is 2.64. The first-order chi connectivity index (χ1) is 9.36. The molecule has 0 atom stereocenters. The van der Waals surface area contributed by atoms with Gasteiger partial charge in [-0.25, -0.2) is 8.42 Å². The molecule has 0 N–H and O–H groups in total. The first-order valence-electron chi connectivity index (χ1n) is 6.71. The van der Waals surface area contributed by atoms with E-state index in [0.29, 0.717) is 23.9 Å². The Bertz CT molecular complexity index is 593. The van der Waals surface area contributed by atoms with Gasteiger partial charge in [0.05, 0.1) is 4.90 Å². The molecule has 0 aromatic heterocycles. The van der Waals surface area contributed by atoms with E-state index in [2.05, 4.69) is 4.90 Å². The highest BCUT2D eigenvalue weighted by molar-refractivity contribution is 7.89. The maximum absolute atomic E-state index is 12.8. The van der Waals surface area contributed by atoms with Crippen molar-refractivity contribution >= 4 is 21.6 Å². The van der Waals surface area contributed by atoms with E-state index in [1.807, 2.05) is 27.0 Å². The number of hydrogen-bond acceptors (Lipinski definition) is 3. The van der Waals surface area contributed by atoms with Gasteiger partial charge in [-0.05, 0) is 43.7 Å². The highest BCUT2D eigenvalue weighted by Crippen LogP contribution is 2.25. The van der Waals surface area contributed by atoms with Crippen molar-refractivity contribution in [2.75, 3.05) is 33.2 Å². The first kappa shape index (κ1) is 15.8. The molecule has 0 aliphatic carbocycles. The molecule has 0 bridgehead atoms. The number of aryl methyl sites for hydroxylation is 1. The Morgan fingerprint density at radius 3 is 2.30 bits per heavy atom. The largest absolute Gasteiger partial charge is 0.304 e. The number of piperazine rings is 1. The van der Waals surface area contributed by atoms with Crippen LogP contribution < -0.4 is 0 Å². The Morgan fingerprint density at radius 1 is 1.15 bits per heavy atom. The molecule has 20 heavy (non-hydrogen) atoms. The lowest BCUT2D eigenvalue weighted by Gasteiger charge is -2.32. The Labute approximate surface area is 126 Å². The number of hydrogen-bond donors (Lipinski definition) is 0. The SMILES string of the molecule is Cc1cc(CCl)cc(S(=O)(=O)N2CCN(C)CC2)c1C. The molecule has 1 aliphatic rings. The van der Waals surface area contributed by atoms with Crippen molar-refractivity contribution < 1.29 is 8.42 Å². The summed E-state index contributed by atoms with van der Waals surface area (Å²) in [4.78, 5) is 2.54. The number of halogens is 1. The Morgan fingerprint density at radius 2 is 1.75 bits per heavy atom. The van der Waals surface area contributed by atoms with Crippen LogP contribution in [0.25, 0.3) is 0 Å². The van der Waals surface area contributed by atoms with Crippen molar-refractivity contribution in [3.8, 4) is 0 Å². The van der Waals surface area contributed by atoms with Crippen molar-refractivity contribution in [1.82, 2.24) is 9.21 Å². The number of likely N-dealkylation sites (N-methyl/N-ethyl adjacent to an activating group) is 1. The molecular weight excluding hydrogens is 296 g/mol. The minimum atomic E-state index is -3.42. The van der Waals surface area contributed by atoms with Gasteiger partial charge in [0.2, 0.25) is 10.0 Å². The van der Waals surface area contributed by atoms with Gasteiger partial charge >= 0.3 is 0 Å². The van der Waals surface area contributed by atoms with Crippen LogP contribution in [0.1, 0.15) is 16.7 Å². The second kappa shape index (κ2) is 6.02. The second-order valence-electron chi connectivity index (χ2n) is 5.38. The minimum Gasteiger partial charge on any atom is -0.304 e. The lowest BCUT2D eigenvalue weighted by Crippen LogP contribution is -2.47. The van der Waals surface area contributed by atoms with Gasteiger partial charge in [0.1, 0.15) is 0 Å². The van der Waals surface area contributed by atoms with Crippen LogP contribution in [0.5, 0.6) is 0 Å². The van der Waals surface area contributed by atoms with E-state index in [1.54, 1.807) is 10.4 Å². The molecule has 4 nitrogen and oxygen atoms in total. The first-order valence-corrected chi connectivity index (χ1v) is 8.68. The van der Waals surface area contributed by atoms with Crippen LogP contribution in [-0.4, -0.2) is 50.8 Å². The van der Waals surface area contributed by atoms with Crippen molar-refractivity contribution in [3.63, 3.8) is 0 Å². The summed E-state index contributed by atoms with van der Waals surface area (Å²) in [6.45, 7) is 6.41. The molecule has 112 valence electrons. The summed E-state index contributed by atoms with van der Waals surface area (Å²) < 4.78 is 27.2. The predicted octanol–water partition coefficient (Wildman–Crippen LogP) is 1.98. The number of nitrogens with zero attached hydrogens (tertiary/aromatic N) is 2. The molecule has 0 unspecified atom stereocenters. The van der Waals surface area contributed by atoms with Gasteiger partial charge in [-0.1, -0.05) is 6.07 Å². The zero-order chi connectivity index (χ0) is 14.9. The average Bonchev–Trinajstić information content (AvgIpc) is 2.42. The average molecular weight is 317 g/mol. The Balaban J connectivity index is 2.41. The van der Waals surface area contributed by atoms with Crippen LogP contribution in [0.15, 0.2) is 17.0 Å². The topological polar surface area (TPSA) is 40.6 Å². The normalized spacial score (nSPS) is 18.4. The van der Waals surface area contributed by atoms with Crippen LogP contribution in [-0.2, 0) is 15.9 Å². The van der Waals surface area contributed by atoms with Gasteiger partial charge < -0.3 is 4.90 Å². The van der Waals surface area contributed by atoms with Gasteiger partial charge in [-0.2, -0.15) is 4.31 Å². The summed E-state index contributed by atoms with van der Waals surface area (Å²) in [7, 11) is -1.42. The van der Waals surface area contributed by atoms with Crippen LogP contribution >= 0.6 is 11.6 Å². The quantitative estimate of drug-likeness (QED) is 0.801. The van der Waals surface area contributed by atoms with Crippen molar-refractivity contribution in [2.45, 2.75) is 24.6 Å². The van der Waals surface area contributed by atoms with Gasteiger partial charge in [-0.15, -0.1) is 11.6 Å². The maximum Gasteiger partial charge on any atom is 0.243 e. The number of benzene rings is 1. The molecule has 1 fully saturated rings. The zero-order valence-corrected chi connectivity index (χ0v) is 13.8. The monoisotopic (exact) mass is 316 g/mol. The fourth-order valence-corrected chi connectivity index (χ4v) is 4.34. The van der Waals surface area contributed by atoms with Crippen LogP contribution in [0.4, 0.5) is 0 Å². The lowest BCUT2D eigenvalue weighted by atomic mass is 10.1. The van der Waals surface area contributed by atoms with E-state index in [-0.39, 0.29) is 0 Å². The fourth-order valence-electron chi connectivity index (χ4n) is 2.41. The molecule has 1 aromatic rings. The summed E-state index contributed by atoms with van der Waals surface area (Å²) >= 11 is 5.86. The Kier molecular flexibility index (Phi) is 4.74. The Hall–Kier alpha value is -0.620. The van der Waals surface area contributed by atoms with Gasteiger partial charge in [-0.3, -0.25) is 0 Å². The van der Waals surface area contributed by atoms with E-state index in [1.165, 1.54) is 0 Å². The molecule has 0 amide bonds. The molecule has 1 saturated heterocycles. The number of sulfonamides is 1. The summed E-state index contributed by atoms with van der Waals surface area (Å²) in [6, 6.07) is 3.66. The third-order valence-electron chi connectivity index (χ3n) is 3.91. The van der Waals surface area contributed by atoms with E-state index in [9.17, 15) is 8.42 Å². The van der Waals surface area contributed by atoms with Crippen molar-refractivity contribution in [2.24, 2.45) is 0 Å². The van der Waals surface area contributed by atoms with E-state index in [4.69, 9.17) is 11.6 Å². The second-order valence-corrected chi connectivity index (χ2v) is 7.55. The molecule has 0 radical (unpaired) electrons. The van der Waals surface area contributed by atoms with E-state index < -0.39 is 10.0 Å². The van der Waals surface area contributed by atoms with Crippen LogP contribution in [0.3, 0.4) is 0 Å². The molecule has 2 rings (SSSR count). The third kappa shape index (κ3) is 3.01. The zero-order valence-electron chi connectivity index (χ0n) is 12.2. The maximum atomic E-state index is 12.8. The molecular formula is C14H21ClN2O2S.